The smallest absolute Gasteiger partial charge is 0.274 e. The van der Waals surface area contributed by atoms with Gasteiger partial charge in [0.05, 0.1) is 22.8 Å². The normalized spacial score (nSPS) is 17.4. The van der Waals surface area contributed by atoms with Gasteiger partial charge in [-0.2, -0.15) is 0 Å². The molecule has 1 aromatic carbocycles. The minimum atomic E-state index is -0.182. The third kappa shape index (κ3) is 2.64. The average Bonchev–Trinajstić information content (AvgIpc) is 2.66. The molecule has 0 bridgehead atoms. The summed E-state index contributed by atoms with van der Waals surface area (Å²) in [6.45, 7) is 1.98. The fraction of sp³-hybridized carbons (Fsp3) is 0.417. The molecule has 0 saturated heterocycles. The van der Waals surface area contributed by atoms with Crippen LogP contribution < -0.4 is 10.1 Å². The number of nitroso groups, excluding NO2 is 1. The summed E-state index contributed by atoms with van der Waals surface area (Å²) in [7, 11) is 1.58. The van der Waals surface area contributed by atoms with Gasteiger partial charge in [0.2, 0.25) is 5.91 Å². The molecule has 1 aliphatic rings. The summed E-state index contributed by atoms with van der Waals surface area (Å²) in [4.78, 5) is 23.8. The molecule has 0 radical (unpaired) electrons. The van der Waals surface area contributed by atoms with Crippen molar-refractivity contribution in [3.05, 3.63) is 23.1 Å². The van der Waals surface area contributed by atoms with Gasteiger partial charge in [-0.1, -0.05) is 0 Å². The number of fused-ring (bicyclic) bond motifs is 1. The summed E-state index contributed by atoms with van der Waals surface area (Å²) >= 11 is 1.52. The van der Waals surface area contributed by atoms with Crippen LogP contribution in [0.15, 0.2) is 23.1 Å². The number of hydrogen-bond donors (Lipinski definition) is 1. The number of carbonyl (C=O) groups excluding carboxylic acids is 1. The fourth-order valence-corrected chi connectivity index (χ4v) is 2.95. The minimum Gasteiger partial charge on any atom is -0.497 e. The van der Waals surface area contributed by atoms with Crippen molar-refractivity contribution in [2.24, 2.45) is 0 Å². The van der Waals surface area contributed by atoms with Crippen molar-refractivity contribution in [3.8, 4) is 5.75 Å². The van der Waals surface area contributed by atoms with Crippen molar-refractivity contribution in [1.29, 1.82) is 0 Å². The van der Waals surface area contributed by atoms with Crippen LogP contribution in [0.2, 0.25) is 0 Å². The number of nitrogens with zero attached hydrogens (tertiary/aromatic N) is 1. The van der Waals surface area contributed by atoms with Gasteiger partial charge >= 0.3 is 0 Å². The standard InChI is InChI=1S/C12H14N2O3S/c1-8(15)13-6-5-12-14(16)10-7-9(17-2)3-4-11(10)18-12/h3-4,7,12H,5-6H2,1-2H3/p+1. The Kier molecular flexibility index (Phi) is 3.86. The third-order valence-electron chi connectivity index (χ3n) is 2.69. The second-order valence-corrected chi connectivity index (χ2v) is 5.22. The maximum Gasteiger partial charge on any atom is 0.274 e. The van der Waals surface area contributed by atoms with Crippen LogP contribution in [-0.4, -0.2) is 29.7 Å². The Balaban J connectivity index is 2.03. The summed E-state index contributed by atoms with van der Waals surface area (Å²) in [5, 5.41) is 2.52. The van der Waals surface area contributed by atoms with Crippen molar-refractivity contribution in [2.75, 3.05) is 13.7 Å². The van der Waals surface area contributed by atoms with E-state index in [1.165, 1.54) is 18.7 Å². The lowest BCUT2D eigenvalue weighted by atomic mass is 10.3. The molecule has 0 fully saturated rings. The quantitative estimate of drug-likeness (QED) is 0.848. The van der Waals surface area contributed by atoms with Crippen LogP contribution in [0.25, 0.3) is 0 Å². The molecule has 1 aliphatic heterocycles. The number of amides is 1. The Bertz CT molecular complexity index is 490. The molecule has 1 atom stereocenters. The predicted molar refractivity (Wildman–Crippen MR) is 69.2 cm³/mol. The molecule has 18 heavy (non-hydrogen) atoms. The summed E-state index contributed by atoms with van der Waals surface area (Å²) in [5.41, 5.74) is 0.646. The van der Waals surface area contributed by atoms with Crippen LogP contribution in [-0.2, 0) is 4.79 Å². The number of hydrogen-bond acceptors (Lipinski definition) is 4. The Morgan fingerprint density at radius 1 is 1.56 bits per heavy atom. The van der Waals surface area contributed by atoms with E-state index >= 15 is 0 Å². The van der Waals surface area contributed by atoms with Gasteiger partial charge < -0.3 is 10.1 Å². The molecule has 6 heteroatoms. The molecule has 1 amide bonds. The van der Waals surface area contributed by atoms with Crippen molar-refractivity contribution in [2.45, 2.75) is 23.6 Å². The molecule has 0 spiro atoms. The Morgan fingerprint density at radius 2 is 2.33 bits per heavy atom. The van der Waals surface area contributed by atoms with E-state index in [-0.39, 0.29) is 11.3 Å². The summed E-state index contributed by atoms with van der Waals surface area (Å²) in [6, 6.07) is 5.48. The van der Waals surface area contributed by atoms with Gasteiger partial charge in [-0.15, -0.1) is 0 Å². The highest BCUT2D eigenvalue weighted by Gasteiger charge is 2.39. The number of benzene rings is 1. The fourth-order valence-electron chi connectivity index (χ4n) is 1.79. The first-order valence-electron chi connectivity index (χ1n) is 5.67. The predicted octanol–water partition coefficient (Wildman–Crippen LogP) is 2.06. The van der Waals surface area contributed by atoms with Crippen molar-refractivity contribution >= 4 is 23.4 Å². The van der Waals surface area contributed by atoms with Gasteiger partial charge in [0.1, 0.15) is 5.75 Å². The van der Waals surface area contributed by atoms with Crippen LogP contribution in [0.4, 0.5) is 5.69 Å². The first kappa shape index (κ1) is 12.9. The molecule has 0 saturated carbocycles. The number of rotatable bonds is 4. The number of methoxy groups -OCH3 is 1. The van der Waals surface area contributed by atoms with Gasteiger partial charge in [0.15, 0.2) is 0 Å². The molecule has 5 nitrogen and oxygen atoms in total. The van der Waals surface area contributed by atoms with Crippen LogP contribution in [0.5, 0.6) is 5.75 Å². The highest BCUT2D eigenvalue weighted by atomic mass is 32.2. The van der Waals surface area contributed by atoms with E-state index in [1.54, 1.807) is 13.2 Å². The number of thioether (sulfide) groups is 1. The lowest BCUT2D eigenvalue weighted by molar-refractivity contribution is -0.476. The van der Waals surface area contributed by atoms with Gasteiger partial charge in [0.25, 0.3) is 11.1 Å². The number of ether oxygens (including phenoxy) is 1. The molecule has 1 aromatic rings. The molecule has 2 rings (SSSR count). The van der Waals surface area contributed by atoms with E-state index in [0.717, 1.165) is 9.66 Å². The van der Waals surface area contributed by atoms with E-state index in [2.05, 4.69) is 5.32 Å². The maximum absolute atomic E-state index is 12.1. The second-order valence-electron chi connectivity index (χ2n) is 4.00. The highest BCUT2D eigenvalue weighted by Crippen LogP contribution is 2.44. The van der Waals surface area contributed by atoms with E-state index in [1.807, 2.05) is 12.1 Å². The number of nitrogens with one attached hydrogen (secondary N) is 1. The van der Waals surface area contributed by atoms with Crippen LogP contribution in [0.3, 0.4) is 0 Å². The van der Waals surface area contributed by atoms with Gasteiger partial charge in [-0.05, 0) is 23.9 Å². The second kappa shape index (κ2) is 5.39. The van der Waals surface area contributed by atoms with Gasteiger partial charge in [-0.3, -0.25) is 4.79 Å². The summed E-state index contributed by atoms with van der Waals surface area (Å²) < 4.78 is 6.09. The number of carbonyl (C=O) groups is 1. The minimum absolute atomic E-state index is 0.0744. The largest absolute Gasteiger partial charge is 0.497 e. The Morgan fingerprint density at radius 3 is 3.00 bits per heavy atom. The molecule has 96 valence electrons. The van der Waals surface area contributed by atoms with Crippen LogP contribution >= 0.6 is 11.8 Å². The molecular weight excluding hydrogens is 252 g/mol. The average molecular weight is 267 g/mol. The first-order chi connectivity index (χ1) is 8.61. The molecule has 1 heterocycles. The van der Waals surface area contributed by atoms with E-state index in [0.29, 0.717) is 24.4 Å². The SMILES string of the molecule is COc1ccc2c(c1)[N+](=O)C(CCNC(C)=O)S2. The van der Waals surface area contributed by atoms with Gasteiger partial charge in [0, 0.05) is 24.8 Å². The van der Waals surface area contributed by atoms with Crippen LogP contribution in [0.1, 0.15) is 13.3 Å². The molecule has 0 aromatic heterocycles. The Hall–Kier alpha value is -1.56. The monoisotopic (exact) mass is 267 g/mol. The van der Waals surface area contributed by atoms with Crippen molar-refractivity contribution in [3.63, 3.8) is 0 Å². The zero-order valence-corrected chi connectivity index (χ0v) is 11.1. The third-order valence-corrected chi connectivity index (χ3v) is 3.99. The first-order valence-corrected chi connectivity index (χ1v) is 6.55. The topological polar surface area (TPSA) is 58.4 Å². The van der Waals surface area contributed by atoms with Gasteiger partial charge in [-0.25, -0.2) is 0 Å². The lowest BCUT2D eigenvalue weighted by Gasteiger charge is -2.01. The van der Waals surface area contributed by atoms with E-state index in [9.17, 15) is 9.70 Å². The van der Waals surface area contributed by atoms with Crippen molar-refractivity contribution in [1.82, 2.24) is 5.32 Å². The maximum atomic E-state index is 12.1. The highest BCUT2D eigenvalue weighted by molar-refractivity contribution is 8.00. The van der Waals surface area contributed by atoms with Crippen LogP contribution in [0, 0.1) is 4.91 Å². The zero-order valence-electron chi connectivity index (χ0n) is 10.3. The summed E-state index contributed by atoms with van der Waals surface area (Å²) in [5.74, 6) is 0.604. The Labute approximate surface area is 109 Å². The van der Waals surface area contributed by atoms with E-state index < -0.39 is 0 Å². The molecule has 0 aliphatic carbocycles. The zero-order chi connectivity index (χ0) is 13.1. The molecule has 1 N–H and O–H groups in total. The summed E-state index contributed by atoms with van der Waals surface area (Å²) in [6.07, 6.45) is 0.616. The molecular formula is C12H15N2O3S+. The lowest BCUT2D eigenvalue weighted by Crippen LogP contribution is -2.25. The molecule has 1 unspecified atom stereocenters. The van der Waals surface area contributed by atoms with E-state index in [4.69, 9.17) is 4.74 Å². The van der Waals surface area contributed by atoms with Crippen molar-refractivity contribution < 1.29 is 14.3 Å².